The third kappa shape index (κ3) is 3.69. The molecule has 0 N–H and O–H groups in total. The first-order valence-electron chi connectivity index (χ1n) is 10.1. The average Bonchev–Trinajstić information content (AvgIpc) is 3.63. The Hall–Kier alpha value is -5.10. The van der Waals surface area contributed by atoms with Gasteiger partial charge in [0.25, 0.3) is 5.69 Å². The van der Waals surface area contributed by atoms with Gasteiger partial charge < -0.3 is 17.7 Å². The fourth-order valence-corrected chi connectivity index (χ4v) is 3.54. The molecule has 5 aromatic rings. The minimum absolute atomic E-state index is 0.0413. The summed E-state index contributed by atoms with van der Waals surface area (Å²) in [5.41, 5.74) is 1.65. The number of hydrogen-bond acceptors (Lipinski definition) is 8. The Morgan fingerprint density at radius 3 is 2.44 bits per heavy atom. The summed E-state index contributed by atoms with van der Waals surface area (Å²) in [6.07, 6.45) is 4.36. The Bertz CT molecular complexity index is 1550. The molecule has 0 aliphatic rings. The second-order valence-corrected chi connectivity index (χ2v) is 7.29. The minimum Gasteiger partial charge on any atom is -0.464 e. The number of hydrogen-bond donors (Lipinski definition) is 0. The lowest BCUT2D eigenvalue weighted by molar-refractivity contribution is -0.384. The van der Waals surface area contributed by atoms with Crippen LogP contribution in [0.5, 0.6) is 0 Å². The van der Waals surface area contributed by atoms with E-state index in [0.29, 0.717) is 39.9 Å². The van der Waals surface area contributed by atoms with Crippen molar-refractivity contribution in [3.8, 4) is 40.2 Å². The van der Waals surface area contributed by atoms with Crippen LogP contribution in [-0.2, 0) is 0 Å². The van der Waals surface area contributed by atoms with Crippen molar-refractivity contribution < 1.29 is 22.6 Å². The van der Waals surface area contributed by atoms with Gasteiger partial charge in [0.2, 0.25) is 5.88 Å². The van der Waals surface area contributed by atoms with Crippen molar-refractivity contribution in [1.29, 1.82) is 5.26 Å². The summed E-state index contributed by atoms with van der Waals surface area (Å²) in [6.45, 7) is 1.78. The van der Waals surface area contributed by atoms with E-state index in [-0.39, 0.29) is 17.1 Å². The average molecular weight is 453 g/mol. The lowest BCUT2D eigenvalue weighted by atomic mass is 10.1. The molecule has 9 heteroatoms. The minimum atomic E-state index is -0.451. The van der Waals surface area contributed by atoms with Gasteiger partial charge >= 0.3 is 0 Å². The van der Waals surface area contributed by atoms with Gasteiger partial charge in [-0.25, -0.2) is 4.99 Å². The molecule has 0 spiro atoms. The molecule has 1 aromatic carbocycles. The molecule has 0 radical (unpaired) electrons. The van der Waals surface area contributed by atoms with E-state index < -0.39 is 4.92 Å². The van der Waals surface area contributed by atoms with Crippen molar-refractivity contribution in [1.82, 2.24) is 0 Å². The lowest BCUT2D eigenvalue weighted by Gasteiger charge is -2.00. The standard InChI is InChI=1S/C25H15N3O6/c1-15-6-8-17(19(12-15)28(29)30)20-9-7-16(33-20)14-27-25-18(13-26)23(21-4-2-10-31-21)24(34-25)22-5-3-11-32-22/h2-12,14H,1H3. The Morgan fingerprint density at radius 2 is 1.76 bits per heavy atom. The molecule has 9 nitrogen and oxygen atoms in total. The van der Waals surface area contributed by atoms with Crippen LogP contribution >= 0.6 is 0 Å². The first kappa shape index (κ1) is 20.8. The fraction of sp³-hybridized carbons (Fsp3) is 0.0400. The van der Waals surface area contributed by atoms with Crippen molar-refractivity contribution in [2.24, 2.45) is 4.99 Å². The van der Waals surface area contributed by atoms with Crippen LogP contribution in [0.25, 0.3) is 34.2 Å². The Kier molecular flexibility index (Phi) is 5.16. The number of benzene rings is 1. The molecular weight excluding hydrogens is 438 g/mol. The highest BCUT2D eigenvalue weighted by molar-refractivity contribution is 5.87. The van der Waals surface area contributed by atoms with Crippen LogP contribution in [0.2, 0.25) is 0 Å². The van der Waals surface area contributed by atoms with E-state index in [9.17, 15) is 15.4 Å². The molecule has 0 saturated heterocycles. The largest absolute Gasteiger partial charge is 0.464 e. The smallest absolute Gasteiger partial charge is 0.280 e. The fourth-order valence-electron chi connectivity index (χ4n) is 3.54. The van der Waals surface area contributed by atoms with Gasteiger partial charge in [0.15, 0.2) is 11.5 Å². The second kappa shape index (κ2) is 8.44. The summed E-state index contributed by atoms with van der Waals surface area (Å²) >= 11 is 0. The van der Waals surface area contributed by atoms with Crippen LogP contribution in [0.15, 0.2) is 89.8 Å². The monoisotopic (exact) mass is 453 g/mol. The lowest BCUT2D eigenvalue weighted by Crippen LogP contribution is -1.92. The van der Waals surface area contributed by atoms with Gasteiger partial charge in [0.1, 0.15) is 28.9 Å². The van der Waals surface area contributed by atoms with Gasteiger partial charge in [-0.1, -0.05) is 6.07 Å². The molecule has 5 rings (SSSR count). The van der Waals surface area contributed by atoms with Crippen molar-refractivity contribution in [2.75, 3.05) is 0 Å². The van der Waals surface area contributed by atoms with Crippen LogP contribution in [0, 0.1) is 28.4 Å². The van der Waals surface area contributed by atoms with E-state index in [1.165, 1.54) is 24.8 Å². The van der Waals surface area contributed by atoms with E-state index in [4.69, 9.17) is 17.7 Å². The summed E-state index contributed by atoms with van der Waals surface area (Å²) in [7, 11) is 0. The van der Waals surface area contributed by atoms with Crippen molar-refractivity contribution in [3.05, 3.63) is 94.1 Å². The first-order valence-corrected chi connectivity index (χ1v) is 10.1. The zero-order valence-electron chi connectivity index (χ0n) is 17.7. The maximum atomic E-state index is 11.4. The number of aliphatic imine (C=N–C) groups is 1. The van der Waals surface area contributed by atoms with Gasteiger partial charge in [0.05, 0.1) is 34.8 Å². The van der Waals surface area contributed by atoms with Crippen molar-refractivity contribution >= 4 is 17.8 Å². The molecule has 4 aromatic heterocycles. The molecule has 166 valence electrons. The normalized spacial score (nSPS) is 11.2. The molecule has 0 bridgehead atoms. The van der Waals surface area contributed by atoms with Crippen molar-refractivity contribution in [2.45, 2.75) is 6.92 Å². The zero-order chi connectivity index (χ0) is 23.7. The van der Waals surface area contributed by atoms with Gasteiger partial charge in [-0.15, -0.1) is 0 Å². The highest BCUT2D eigenvalue weighted by atomic mass is 16.6. The molecule has 0 aliphatic carbocycles. The summed E-state index contributed by atoms with van der Waals surface area (Å²) in [4.78, 5) is 15.3. The number of rotatable bonds is 6. The maximum absolute atomic E-state index is 11.4. The Morgan fingerprint density at radius 1 is 1.00 bits per heavy atom. The number of nitriles is 1. The number of nitro benzene ring substituents is 1. The first-order chi connectivity index (χ1) is 16.5. The Balaban J connectivity index is 1.53. The number of aryl methyl sites for hydroxylation is 1. The molecular formula is C25H15N3O6. The topological polar surface area (TPSA) is 132 Å². The predicted octanol–water partition coefficient (Wildman–Crippen LogP) is 6.90. The predicted molar refractivity (Wildman–Crippen MR) is 122 cm³/mol. The third-order valence-electron chi connectivity index (χ3n) is 5.07. The highest BCUT2D eigenvalue weighted by Crippen LogP contribution is 2.43. The van der Waals surface area contributed by atoms with E-state index in [1.54, 1.807) is 55.5 Å². The van der Waals surface area contributed by atoms with Crippen LogP contribution in [0.4, 0.5) is 11.6 Å². The van der Waals surface area contributed by atoms with Crippen LogP contribution in [0.1, 0.15) is 16.9 Å². The Labute approximate surface area is 192 Å². The van der Waals surface area contributed by atoms with Gasteiger partial charge in [-0.3, -0.25) is 10.1 Å². The second-order valence-electron chi connectivity index (χ2n) is 7.29. The van der Waals surface area contributed by atoms with Crippen molar-refractivity contribution in [3.63, 3.8) is 0 Å². The molecule has 0 amide bonds. The summed E-state index contributed by atoms with van der Waals surface area (Å²) in [5, 5.41) is 21.3. The van der Waals surface area contributed by atoms with Crippen LogP contribution < -0.4 is 0 Å². The van der Waals surface area contributed by atoms with Crippen LogP contribution in [0.3, 0.4) is 0 Å². The zero-order valence-corrected chi connectivity index (χ0v) is 17.7. The molecule has 0 saturated carbocycles. The number of nitrogens with zero attached hydrogens (tertiary/aromatic N) is 3. The number of nitro groups is 1. The summed E-state index contributed by atoms with van der Waals surface area (Å²) in [5.74, 6) is 1.83. The maximum Gasteiger partial charge on any atom is 0.280 e. The molecule has 4 heterocycles. The highest BCUT2D eigenvalue weighted by Gasteiger charge is 2.26. The van der Waals surface area contributed by atoms with E-state index in [2.05, 4.69) is 11.1 Å². The van der Waals surface area contributed by atoms with Gasteiger partial charge in [-0.2, -0.15) is 5.26 Å². The third-order valence-corrected chi connectivity index (χ3v) is 5.07. The molecule has 34 heavy (non-hydrogen) atoms. The van der Waals surface area contributed by atoms with E-state index >= 15 is 0 Å². The molecule has 0 atom stereocenters. The van der Waals surface area contributed by atoms with Gasteiger partial charge in [-0.05, 0) is 55.0 Å². The summed E-state index contributed by atoms with van der Waals surface area (Å²) in [6, 6.07) is 17.1. The van der Waals surface area contributed by atoms with Crippen LogP contribution in [-0.4, -0.2) is 11.1 Å². The molecule has 0 unspecified atom stereocenters. The van der Waals surface area contributed by atoms with E-state index in [1.807, 2.05) is 0 Å². The molecule has 0 fully saturated rings. The van der Waals surface area contributed by atoms with Gasteiger partial charge in [0, 0.05) is 6.07 Å². The summed E-state index contributed by atoms with van der Waals surface area (Å²) < 4.78 is 22.6. The van der Waals surface area contributed by atoms with E-state index in [0.717, 1.165) is 5.56 Å². The quantitative estimate of drug-likeness (QED) is 0.155. The number of furan rings is 4. The molecule has 0 aliphatic heterocycles. The SMILES string of the molecule is Cc1ccc(-c2ccc(C=Nc3oc(-c4ccco4)c(-c4ccco4)c3C#N)o2)c([N+](=O)[O-])c1.